The van der Waals surface area contributed by atoms with Gasteiger partial charge in [-0.1, -0.05) is 78.0 Å². The van der Waals surface area contributed by atoms with Crippen LogP contribution < -0.4 is 47.4 Å². The van der Waals surface area contributed by atoms with Gasteiger partial charge in [0.25, 0.3) is 0 Å². The number of rotatable bonds is 14. The molecule has 0 spiro atoms. The van der Waals surface area contributed by atoms with E-state index in [2.05, 4.69) is 107 Å². The molecule has 0 bridgehead atoms. The van der Waals surface area contributed by atoms with E-state index in [1.165, 1.54) is 11.1 Å². The molecule has 3 rings (SSSR count). The van der Waals surface area contributed by atoms with Gasteiger partial charge in [-0.25, -0.2) is 0 Å². The van der Waals surface area contributed by atoms with E-state index in [1.807, 2.05) is 12.4 Å². The quantitative estimate of drug-likeness (QED) is 0.140. The van der Waals surface area contributed by atoms with E-state index in [-0.39, 0.29) is 88.7 Å². The molecule has 0 saturated heterocycles. The predicted octanol–water partition coefficient (Wildman–Crippen LogP) is -0.959. The molecule has 0 aromatic heterocycles. The van der Waals surface area contributed by atoms with Gasteiger partial charge in [-0.15, -0.1) is 0 Å². The standard InChI is InChI=1S/C42H68N4O2.3ClH.Mn/c1-13-45(14-2,15-3)29-31-23-33(39(47)35(25-31)41(7,8)9)27-43-37-21-19-20-22-38(37)44-28-34-24-32(30-46(16-4,17-5)18-6)26-36(40(34)48)42(10,11)12;;;;/h23-28,37-38H,13-22,29-30H2,1-12H3;3*1H;/q;;;;+3/p-3/t37-,38-;;;;/m0..../s1. The van der Waals surface area contributed by atoms with Crippen molar-refractivity contribution in [3.63, 3.8) is 0 Å². The fourth-order valence-electron chi connectivity index (χ4n) is 7.49. The maximum atomic E-state index is 13.8. The third-order valence-corrected chi connectivity index (χ3v) is 11.5. The predicted molar refractivity (Wildman–Crippen MR) is 202 cm³/mol. The maximum Gasteiger partial charge on any atom is 3.00 e. The molecule has 52 heavy (non-hydrogen) atoms. The Bertz CT molecular complexity index is 1300. The molecular formula is C42H68Cl3MnN4O2. The first kappa shape index (κ1) is 52.8. The first-order chi connectivity index (χ1) is 22.5. The van der Waals surface area contributed by atoms with Crippen molar-refractivity contribution < 1.29 is 73.5 Å². The van der Waals surface area contributed by atoms with Crippen LogP contribution in [0.15, 0.2) is 34.3 Å². The zero-order valence-electron chi connectivity index (χ0n) is 34.2. The Morgan fingerprint density at radius 2 is 0.865 bits per heavy atom. The van der Waals surface area contributed by atoms with Crippen molar-refractivity contribution in [2.75, 3.05) is 39.3 Å². The van der Waals surface area contributed by atoms with Gasteiger partial charge in [-0.05, 0) is 99.6 Å². The van der Waals surface area contributed by atoms with Crippen molar-refractivity contribution in [2.45, 2.75) is 145 Å². The van der Waals surface area contributed by atoms with E-state index in [1.54, 1.807) is 0 Å². The largest absolute Gasteiger partial charge is 3.00 e. The number of benzene rings is 2. The maximum absolute atomic E-state index is 13.8. The summed E-state index contributed by atoms with van der Waals surface area (Å²) >= 11 is 0. The van der Waals surface area contributed by atoms with E-state index in [9.17, 15) is 10.2 Å². The molecule has 0 unspecified atom stereocenters. The molecule has 1 aliphatic rings. The van der Waals surface area contributed by atoms with Crippen LogP contribution in [0.5, 0.6) is 11.5 Å². The molecule has 2 aromatic rings. The second-order valence-electron chi connectivity index (χ2n) is 16.5. The molecule has 10 heteroatoms. The molecular weight excluding hydrogens is 754 g/mol. The molecule has 1 fully saturated rings. The zero-order valence-corrected chi connectivity index (χ0v) is 37.7. The van der Waals surface area contributed by atoms with Crippen LogP contribution >= 0.6 is 0 Å². The SMILES string of the molecule is CC[N+](CC)(CC)Cc1cc(C=N[C@H]2CCCC[C@@H]2N=Cc2cc(C[N+](CC)(CC)CC)cc(C(C)(C)C)c2[O-])c([O-])c(C(C)(C)C)c1.[Cl-].[Cl-].[Cl-].[Mn+3]. The Hall–Kier alpha value is -1.31. The van der Waals surface area contributed by atoms with E-state index < -0.39 is 0 Å². The van der Waals surface area contributed by atoms with Crippen LogP contribution in [-0.2, 0) is 41.0 Å². The Balaban J connectivity index is 0. The molecule has 296 valence electrons. The van der Waals surface area contributed by atoms with Gasteiger partial charge >= 0.3 is 17.1 Å². The van der Waals surface area contributed by atoms with Gasteiger partial charge in [0.05, 0.1) is 51.4 Å². The smallest absolute Gasteiger partial charge is 1.00 e. The minimum Gasteiger partial charge on any atom is -1.00 e. The number of hydrogen-bond donors (Lipinski definition) is 0. The summed E-state index contributed by atoms with van der Waals surface area (Å²) in [6.07, 6.45) is 7.73. The van der Waals surface area contributed by atoms with Crippen molar-refractivity contribution in [1.29, 1.82) is 0 Å². The summed E-state index contributed by atoms with van der Waals surface area (Å²) in [6.45, 7) is 34.5. The van der Waals surface area contributed by atoms with Crippen LogP contribution in [0.25, 0.3) is 0 Å². The van der Waals surface area contributed by atoms with Crippen LogP contribution in [0.1, 0.15) is 142 Å². The van der Waals surface area contributed by atoms with Crippen molar-refractivity contribution in [3.05, 3.63) is 57.6 Å². The van der Waals surface area contributed by atoms with Gasteiger partial charge in [-0.3, -0.25) is 9.98 Å². The molecule has 0 N–H and O–H groups in total. The van der Waals surface area contributed by atoms with E-state index in [0.717, 1.165) is 98.1 Å². The van der Waals surface area contributed by atoms with Crippen molar-refractivity contribution in [1.82, 2.24) is 0 Å². The Kier molecular flexibility index (Phi) is 22.6. The molecule has 1 aliphatic carbocycles. The average molecular weight is 822 g/mol. The second kappa shape index (κ2) is 22.3. The number of quaternary nitrogens is 2. The Labute approximate surface area is 347 Å². The monoisotopic (exact) mass is 820 g/mol. The molecule has 0 radical (unpaired) electrons. The van der Waals surface area contributed by atoms with Crippen molar-refractivity contribution in [3.8, 4) is 11.5 Å². The first-order valence-corrected chi connectivity index (χ1v) is 19.0. The molecule has 0 amide bonds. The van der Waals surface area contributed by atoms with E-state index in [0.29, 0.717) is 11.1 Å². The van der Waals surface area contributed by atoms with E-state index >= 15 is 0 Å². The first-order valence-electron chi connectivity index (χ1n) is 19.0. The molecule has 6 nitrogen and oxygen atoms in total. The van der Waals surface area contributed by atoms with Gasteiger partial charge in [0.1, 0.15) is 13.1 Å². The normalized spacial score (nSPS) is 16.9. The number of nitrogens with zero attached hydrogens (tertiary/aromatic N) is 4. The van der Waals surface area contributed by atoms with Crippen LogP contribution in [0.4, 0.5) is 0 Å². The summed E-state index contributed by atoms with van der Waals surface area (Å²) in [5, 5.41) is 27.6. The fraction of sp³-hybridized carbons (Fsp3) is 0.667. The fourth-order valence-corrected chi connectivity index (χ4v) is 7.49. The van der Waals surface area contributed by atoms with Crippen LogP contribution in [0, 0.1) is 0 Å². The summed E-state index contributed by atoms with van der Waals surface area (Å²) in [5.41, 5.74) is 4.98. The summed E-state index contributed by atoms with van der Waals surface area (Å²) < 4.78 is 1.99. The van der Waals surface area contributed by atoms with Crippen molar-refractivity contribution >= 4 is 12.4 Å². The number of hydrogen-bond acceptors (Lipinski definition) is 4. The molecule has 0 heterocycles. The number of halogens is 3. The van der Waals surface area contributed by atoms with Gasteiger partial charge in [-0.2, -0.15) is 0 Å². The van der Waals surface area contributed by atoms with Gasteiger partial charge in [0, 0.05) is 23.6 Å². The Morgan fingerprint density at radius 1 is 0.577 bits per heavy atom. The molecule has 1 saturated carbocycles. The summed E-state index contributed by atoms with van der Waals surface area (Å²) in [7, 11) is 0. The summed E-state index contributed by atoms with van der Waals surface area (Å²) in [5.74, 6) is 0.161. The molecule has 2 atom stereocenters. The van der Waals surface area contributed by atoms with Gasteiger partial charge < -0.3 is 56.4 Å². The molecule has 0 aliphatic heterocycles. The Morgan fingerprint density at radius 3 is 1.12 bits per heavy atom. The van der Waals surface area contributed by atoms with Crippen molar-refractivity contribution in [2.24, 2.45) is 9.98 Å². The average Bonchev–Trinajstić information content (AvgIpc) is 3.05. The third-order valence-electron chi connectivity index (χ3n) is 11.5. The zero-order chi connectivity index (χ0) is 35.9. The van der Waals surface area contributed by atoms with E-state index in [4.69, 9.17) is 9.98 Å². The minimum atomic E-state index is -0.256. The van der Waals surface area contributed by atoms with Crippen LogP contribution in [-0.4, -0.2) is 72.7 Å². The minimum absolute atomic E-state index is 0. The van der Waals surface area contributed by atoms with Crippen LogP contribution in [0.3, 0.4) is 0 Å². The van der Waals surface area contributed by atoms with Crippen LogP contribution in [0.2, 0.25) is 0 Å². The topological polar surface area (TPSA) is 70.8 Å². The summed E-state index contributed by atoms with van der Waals surface area (Å²) in [6, 6.07) is 8.43. The second-order valence-corrected chi connectivity index (χ2v) is 16.5. The van der Waals surface area contributed by atoms with Gasteiger partial charge in [0.15, 0.2) is 0 Å². The third kappa shape index (κ3) is 13.2. The molecule has 2 aromatic carbocycles. The summed E-state index contributed by atoms with van der Waals surface area (Å²) in [4.78, 5) is 10.2. The number of aliphatic imine (C=N–C) groups is 2. The van der Waals surface area contributed by atoms with Gasteiger partial charge in [0.2, 0.25) is 0 Å².